The molecule has 148 valence electrons. The molecule has 27 heavy (non-hydrogen) atoms. The third-order valence-corrected chi connectivity index (χ3v) is 4.38. The van der Waals surface area contributed by atoms with Crippen molar-refractivity contribution in [1.29, 1.82) is 0 Å². The van der Waals surface area contributed by atoms with Crippen LogP contribution in [-0.4, -0.2) is 34.5 Å². The molecule has 1 unspecified atom stereocenters. The van der Waals surface area contributed by atoms with Crippen LogP contribution in [0.1, 0.15) is 63.0 Å². The third kappa shape index (κ3) is 6.40. The zero-order valence-electron chi connectivity index (χ0n) is 17.0. The van der Waals surface area contributed by atoms with Crippen LogP contribution in [0.25, 0.3) is 0 Å². The Labute approximate surface area is 161 Å². The van der Waals surface area contributed by atoms with Gasteiger partial charge in [0.15, 0.2) is 5.69 Å². The van der Waals surface area contributed by atoms with Gasteiger partial charge in [0, 0.05) is 18.6 Å². The average Bonchev–Trinajstić information content (AvgIpc) is 3.10. The number of nitrogens with zero attached hydrogens (tertiary/aromatic N) is 2. The topological polar surface area (TPSA) is 67.6 Å². The molecule has 0 radical (unpaired) electrons. The van der Waals surface area contributed by atoms with Gasteiger partial charge >= 0.3 is 0 Å². The number of carbonyl (C=O) groups excluding carboxylic acids is 1. The van der Waals surface area contributed by atoms with E-state index in [1.54, 1.807) is 0 Å². The molecule has 6 nitrogen and oxygen atoms in total. The first kappa shape index (κ1) is 21.0. The number of amides is 1. The van der Waals surface area contributed by atoms with Gasteiger partial charge in [0.2, 0.25) is 5.89 Å². The molecular weight excluding hydrogens is 342 g/mol. The summed E-state index contributed by atoms with van der Waals surface area (Å²) < 4.78 is 11.1. The van der Waals surface area contributed by atoms with Crippen LogP contribution in [-0.2, 0) is 13.1 Å². The van der Waals surface area contributed by atoms with Crippen molar-refractivity contribution in [3.8, 4) is 5.75 Å². The van der Waals surface area contributed by atoms with Crippen LogP contribution in [0.5, 0.6) is 5.75 Å². The summed E-state index contributed by atoms with van der Waals surface area (Å²) in [6.45, 7) is 12.1. The molecule has 1 aromatic heterocycles. The fourth-order valence-corrected chi connectivity index (χ4v) is 2.72. The first-order valence-electron chi connectivity index (χ1n) is 9.63. The summed E-state index contributed by atoms with van der Waals surface area (Å²) in [6, 6.07) is 8.57. The number of oxazole rings is 1. The summed E-state index contributed by atoms with van der Waals surface area (Å²) in [4.78, 5) is 18.7. The van der Waals surface area contributed by atoms with E-state index in [-0.39, 0.29) is 11.9 Å². The number of rotatable bonds is 10. The Hall–Kier alpha value is -2.34. The van der Waals surface area contributed by atoms with E-state index in [9.17, 15) is 4.79 Å². The molecule has 0 aliphatic rings. The van der Waals surface area contributed by atoms with E-state index in [2.05, 4.69) is 41.2 Å². The van der Waals surface area contributed by atoms with Gasteiger partial charge in [0.05, 0.1) is 13.2 Å². The molecule has 0 aliphatic heterocycles. The Bertz CT molecular complexity index is 710. The van der Waals surface area contributed by atoms with Crippen molar-refractivity contribution in [2.75, 3.05) is 6.61 Å². The van der Waals surface area contributed by atoms with Crippen LogP contribution >= 0.6 is 0 Å². The lowest BCUT2D eigenvalue weighted by Gasteiger charge is -2.27. The summed E-state index contributed by atoms with van der Waals surface area (Å²) >= 11 is 0. The predicted octanol–water partition coefficient (Wildman–Crippen LogP) is 4.01. The minimum absolute atomic E-state index is 0.0638. The highest BCUT2D eigenvalue weighted by molar-refractivity contribution is 5.92. The summed E-state index contributed by atoms with van der Waals surface area (Å²) in [6.07, 6.45) is 2.44. The first-order valence-corrected chi connectivity index (χ1v) is 9.63. The van der Waals surface area contributed by atoms with Gasteiger partial charge in [0.1, 0.15) is 12.0 Å². The molecule has 1 aromatic carbocycles. The standard InChI is InChI=1S/C21H31N3O3/c1-6-16(5)24(12-17-8-10-18(11-9-17)26-7-2)13-20-23-19(14-27-20)21(25)22-15(3)4/h8-11,14-16H,6-7,12-13H2,1-5H3,(H,22,25). The Morgan fingerprint density at radius 1 is 1.19 bits per heavy atom. The monoisotopic (exact) mass is 373 g/mol. The molecule has 0 saturated carbocycles. The van der Waals surface area contributed by atoms with Gasteiger partial charge < -0.3 is 14.5 Å². The molecular formula is C21H31N3O3. The Morgan fingerprint density at radius 2 is 1.89 bits per heavy atom. The minimum atomic E-state index is -0.207. The largest absolute Gasteiger partial charge is 0.494 e. The van der Waals surface area contributed by atoms with Crippen molar-refractivity contribution < 1.29 is 13.9 Å². The maximum Gasteiger partial charge on any atom is 0.273 e. The number of hydrogen-bond acceptors (Lipinski definition) is 5. The number of carbonyl (C=O) groups is 1. The number of aromatic nitrogens is 1. The highest BCUT2D eigenvalue weighted by atomic mass is 16.5. The lowest BCUT2D eigenvalue weighted by atomic mass is 10.1. The Morgan fingerprint density at radius 3 is 2.48 bits per heavy atom. The lowest BCUT2D eigenvalue weighted by molar-refractivity contribution is 0.0938. The number of nitrogens with one attached hydrogen (secondary N) is 1. The van der Waals surface area contributed by atoms with Gasteiger partial charge in [-0.15, -0.1) is 0 Å². The molecule has 0 fully saturated rings. The molecule has 1 atom stereocenters. The molecule has 0 aliphatic carbocycles. The molecule has 0 saturated heterocycles. The highest BCUT2D eigenvalue weighted by Gasteiger charge is 2.18. The summed E-state index contributed by atoms with van der Waals surface area (Å²) in [7, 11) is 0. The van der Waals surface area contributed by atoms with Crippen molar-refractivity contribution in [2.45, 2.75) is 66.2 Å². The Kier molecular flexibility index (Phi) is 7.85. The predicted molar refractivity (Wildman–Crippen MR) is 106 cm³/mol. The fourth-order valence-electron chi connectivity index (χ4n) is 2.72. The number of hydrogen-bond donors (Lipinski definition) is 1. The minimum Gasteiger partial charge on any atom is -0.494 e. The highest BCUT2D eigenvalue weighted by Crippen LogP contribution is 2.18. The third-order valence-electron chi connectivity index (χ3n) is 4.38. The van der Waals surface area contributed by atoms with E-state index in [4.69, 9.17) is 9.15 Å². The second-order valence-corrected chi connectivity index (χ2v) is 6.99. The molecule has 1 amide bonds. The van der Waals surface area contributed by atoms with E-state index in [0.29, 0.717) is 30.8 Å². The number of benzene rings is 1. The summed E-state index contributed by atoms with van der Waals surface area (Å²) in [5.74, 6) is 1.22. The van der Waals surface area contributed by atoms with Crippen molar-refractivity contribution in [1.82, 2.24) is 15.2 Å². The van der Waals surface area contributed by atoms with Gasteiger partial charge in [-0.05, 0) is 51.8 Å². The molecule has 1 heterocycles. The van der Waals surface area contributed by atoms with Crippen molar-refractivity contribution in [3.63, 3.8) is 0 Å². The van der Waals surface area contributed by atoms with Gasteiger partial charge in [-0.2, -0.15) is 0 Å². The maximum atomic E-state index is 12.1. The normalized spacial score (nSPS) is 12.4. The molecule has 0 spiro atoms. The van der Waals surface area contributed by atoms with Gasteiger partial charge in [0.25, 0.3) is 5.91 Å². The second-order valence-electron chi connectivity index (χ2n) is 6.99. The first-order chi connectivity index (χ1) is 12.9. The zero-order valence-corrected chi connectivity index (χ0v) is 17.0. The van der Waals surface area contributed by atoms with Crippen molar-refractivity contribution in [2.24, 2.45) is 0 Å². The maximum absolute atomic E-state index is 12.1. The second kappa shape index (κ2) is 10.1. The van der Waals surface area contributed by atoms with E-state index in [0.717, 1.165) is 18.7 Å². The average molecular weight is 373 g/mol. The van der Waals surface area contributed by atoms with Crippen LogP contribution in [0.4, 0.5) is 0 Å². The number of ether oxygens (including phenoxy) is 1. The van der Waals surface area contributed by atoms with Crippen LogP contribution in [0, 0.1) is 0 Å². The Balaban J connectivity index is 2.06. The molecule has 6 heteroatoms. The van der Waals surface area contributed by atoms with E-state index in [1.807, 2.05) is 32.9 Å². The van der Waals surface area contributed by atoms with Gasteiger partial charge in [-0.3, -0.25) is 9.69 Å². The van der Waals surface area contributed by atoms with Crippen LogP contribution in [0.2, 0.25) is 0 Å². The summed E-state index contributed by atoms with van der Waals surface area (Å²) in [5, 5.41) is 2.83. The van der Waals surface area contributed by atoms with E-state index >= 15 is 0 Å². The van der Waals surface area contributed by atoms with Gasteiger partial charge in [-0.25, -0.2) is 4.98 Å². The summed E-state index contributed by atoms with van der Waals surface area (Å²) in [5.41, 5.74) is 1.52. The van der Waals surface area contributed by atoms with Crippen LogP contribution in [0.3, 0.4) is 0 Å². The molecule has 2 rings (SSSR count). The van der Waals surface area contributed by atoms with Crippen molar-refractivity contribution in [3.05, 3.63) is 47.7 Å². The van der Waals surface area contributed by atoms with E-state index in [1.165, 1.54) is 11.8 Å². The molecule has 0 bridgehead atoms. The zero-order chi connectivity index (χ0) is 19.8. The van der Waals surface area contributed by atoms with Crippen LogP contribution < -0.4 is 10.1 Å². The quantitative estimate of drug-likeness (QED) is 0.681. The fraction of sp³-hybridized carbons (Fsp3) is 0.524. The van der Waals surface area contributed by atoms with Crippen LogP contribution in [0.15, 0.2) is 34.9 Å². The SMILES string of the molecule is CCOc1ccc(CN(Cc2nc(C(=O)NC(C)C)co2)C(C)CC)cc1. The van der Waals surface area contributed by atoms with Crippen molar-refractivity contribution >= 4 is 5.91 Å². The smallest absolute Gasteiger partial charge is 0.273 e. The lowest BCUT2D eigenvalue weighted by Crippen LogP contribution is -2.32. The van der Waals surface area contributed by atoms with E-state index < -0.39 is 0 Å². The molecule has 1 N–H and O–H groups in total. The molecule has 2 aromatic rings. The van der Waals surface area contributed by atoms with Gasteiger partial charge in [-0.1, -0.05) is 19.1 Å².